The Hall–Kier alpha value is -1.52. The second-order valence-electron chi connectivity index (χ2n) is 3.49. The summed E-state index contributed by atoms with van der Waals surface area (Å²) in [6, 6.07) is 0.756. The molecule has 1 heterocycles. The summed E-state index contributed by atoms with van der Waals surface area (Å²) in [7, 11) is 1.53. The van der Waals surface area contributed by atoms with E-state index in [1.54, 1.807) is 0 Å². The highest BCUT2D eigenvalue weighted by Gasteiger charge is 2.27. The van der Waals surface area contributed by atoms with Gasteiger partial charge in [-0.2, -0.15) is 0 Å². The molecule has 0 aliphatic carbocycles. The maximum absolute atomic E-state index is 13.3. The summed E-state index contributed by atoms with van der Waals surface area (Å²) < 4.78 is 39.0. The van der Waals surface area contributed by atoms with Gasteiger partial charge >= 0.3 is 0 Å². The first-order valence-electron chi connectivity index (χ1n) is 4.44. The molecule has 15 heavy (non-hydrogen) atoms. The number of carbonyl (C=O) groups excluding carboxylic acids is 1. The van der Waals surface area contributed by atoms with Crippen LogP contribution in [0.15, 0.2) is 6.07 Å². The number of nitrogens with zero attached hydrogens (tertiary/aromatic N) is 1. The van der Waals surface area contributed by atoms with Gasteiger partial charge in [-0.05, 0) is 12.5 Å². The van der Waals surface area contributed by atoms with Gasteiger partial charge in [0.25, 0.3) is 5.91 Å². The smallest absolute Gasteiger partial charge is 0.254 e. The average Bonchev–Trinajstić information content (AvgIpc) is 2.21. The fourth-order valence-electron chi connectivity index (χ4n) is 1.65. The highest BCUT2D eigenvalue weighted by molar-refractivity contribution is 5.96. The lowest BCUT2D eigenvalue weighted by atomic mass is 9.98. The van der Waals surface area contributed by atoms with Crippen LogP contribution in [0.3, 0.4) is 0 Å². The molecule has 0 aromatic heterocycles. The van der Waals surface area contributed by atoms with Crippen molar-refractivity contribution in [1.82, 2.24) is 4.90 Å². The number of benzene rings is 1. The third-order valence-electron chi connectivity index (χ3n) is 2.54. The Morgan fingerprint density at radius 2 is 1.93 bits per heavy atom. The van der Waals surface area contributed by atoms with Crippen LogP contribution in [0, 0.1) is 17.5 Å². The molecule has 5 heteroatoms. The van der Waals surface area contributed by atoms with Crippen LogP contribution in [-0.4, -0.2) is 24.4 Å². The highest BCUT2D eigenvalue weighted by atomic mass is 19.2. The molecule has 0 saturated heterocycles. The van der Waals surface area contributed by atoms with E-state index in [2.05, 4.69) is 0 Å². The first-order valence-corrected chi connectivity index (χ1v) is 4.44. The zero-order valence-electron chi connectivity index (χ0n) is 7.98. The van der Waals surface area contributed by atoms with E-state index in [0.29, 0.717) is 6.54 Å². The van der Waals surface area contributed by atoms with Gasteiger partial charge in [0.1, 0.15) is 0 Å². The van der Waals surface area contributed by atoms with E-state index < -0.39 is 23.4 Å². The molecule has 0 atom stereocenters. The normalized spacial score (nSPS) is 15.5. The Balaban J connectivity index is 2.66. The molecule has 1 aromatic rings. The highest BCUT2D eigenvalue weighted by Crippen LogP contribution is 2.24. The van der Waals surface area contributed by atoms with E-state index in [1.807, 2.05) is 0 Å². The fraction of sp³-hybridized carbons (Fsp3) is 0.300. The van der Waals surface area contributed by atoms with Crippen LogP contribution in [0.2, 0.25) is 0 Å². The molecular weight excluding hydrogens is 207 g/mol. The summed E-state index contributed by atoms with van der Waals surface area (Å²) in [5, 5.41) is 0. The lowest BCUT2D eigenvalue weighted by molar-refractivity contribution is 0.0778. The number of halogens is 3. The molecule has 1 aliphatic rings. The van der Waals surface area contributed by atoms with Gasteiger partial charge in [0.15, 0.2) is 17.5 Å². The summed E-state index contributed by atoms with van der Waals surface area (Å²) in [6.45, 7) is 0.313. The zero-order chi connectivity index (χ0) is 11.2. The average molecular weight is 215 g/mol. The van der Waals surface area contributed by atoms with Gasteiger partial charge in [-0.3, -0.25) is 4.79 Å². The minimum Gasteiger partial charge on any atom is -0.341 e. The zero-order valence-corrected chi connectivity index (χ0v) is 7.98. The van der Waals surface area contributed by atoms with Crippen LogP contribution in [-0.2, 0) is 6.42 Å². The molecular formula is C10H8F3NO. The minimum atomic E-state index is -1.51. The van der Waals surface area contributed by atoms with Gasteiger partial charge in [-0.1, -0.05) is 0 Å². The first-order chi connectivity index (χ1) is 7.02. The molecule has 1 aliphatic heterocycles. The maximum atomic E-state index is 13.3. The van der Waals surface area contributed by atoms with E-state index >= 15 is 0 Å². The van der Waals surface area contributed by atoms with Gasteiger partial charge in [0, 0.05) is 24.7 Å². The molecule has 0 spiro atoms. The van der Waals surface area contributed by atoms with Crippen molar-refractivity contribution < 1.29 is 18.0 Å². The van der Waals surface area contributed by atoms with E-state index in [9.17, 15) is 18.0 Å². The summed E-state index contributed by atoms with van der Waals surface area (Å²) in [4.78, 5) is 12.8. The largest absolute Gasteiger partial charge is 0.341 e. The third-order valence-corrected chi connectivity index (χ3v) is 2.54. The second-order valence-corrected chi connectivity index (χ2v) is 3.49. The lowest BCUT2D eigenvalue weighted by Gasteiger charge is -2.25. The maximum Gasteiger partial charge on any atom is 0.254 e. The van der Waals surface area contributed by atoms with Crippen molar-refractivity contribution in [3.05, 3.63) is 34.6 Å². The number of rotatable bonds is 0. The number of amides is 1. The second kappa shape index (κ2) is 3.25. The molecule has 80 valence electrons. The third kappa shape index (κ3) is 1.38. The molecule has 0 bridgehead atoms. The van der Waals surface area contributed by atoms with E-state index in [-0.39, 0.29) is 17.5 Å². The molecule has 1 aromatic carbocycles. The standard InChI is InChI=1S/C10H8F3NO/c1-14-3-2-5-6(10(14)15)4-7(11)9(13)8(5)12/h4H,2-3H2,1H3. The predicted molar refractivity (Wildman–Crippen MR) is 47.0 cm³/mol. The minimum absolute atomic E-state index is 0.0306. The first kappa shape index (κ1) is 10.0. The molecule has 2 rings (SSSR count). The van der Waals surface area contributed by atoms with Crippen LogP contribution in [0.4, 0.5) is 13.2 Å². The van der Waals surface area contributed by atoms with Crippen molar-refractivity contribution >= 4 is 5.91 Å². The number of fused-ring (bicyclic) bond motifs is 1. The monoisotopic (exact) mass is 215 g/mol. The summed E-state index contributed by atoms with van der Waals surface area (Å²) in [6.07, 6.45) is 0.209. The van der Waals surface area contributed by atoms with E-state index in [1.165, 1.54) is 11.9 Å². The fourth-order valence-corrected chi connectivity index (χ4v) is 1.65. The number of hydrogen-bond donors (Lipinski definition) is 0. The molecule has 1 amide bonds. The van der Waals surface area contributed by atoms with Crippen molar-refractivity contribution in [2.45, 2.75) is 6.42 Å². The van der Waals surface area contributed by atoms with Crippen molar-refractivity contribution in [1.29, 1.82) is 0 Å². The van der Waals surface area contributed by atoms with Crippen LogP contribution >= 0.6 is 0 Å². The van der Waals surface area contributed by atoms with Gasteiger partial charge in [-0.25, -0.2) is 13.2 Å². The molecule has 0 saturated carbocycles. The Bertz CT molecular complexity index is 445. The summed E-state index contributed by atoms with van der Waals surface area (Å²) in [5.41, 5.74) is -0.114. The Labute approximate surface area is 84.3 Å². The van der Waals surface area contributed by atoms with Crippen molar-refractivity contribution in [2.24, 2.45) is 0 Å². The summed E-state index contributed by atoms with van der Waals surface area (Å²) >= 11 is 0. The topological polar surface area (TPSA) is 20.3 Å². The summed E-state index contributed by atoms with van der Waals surface area (Å²) in [5.74, 6) is -4.55. The van der Waals surface area contributed by atoms with E-state index in [0.717, 1.165) is 6.07 Å². The number of carbonyl (C=O) groups is 1. The van der Waals surface area contributed by atoms with Crippen molar-refractivity contribution in [2.75, 3.05) is 13.6 Å². The Kier molecular flexibility index (Phi) is 2.17. The molecule has 0 fully saturated rings. The van der Waals surface area contributed by atoms with Crippen LogP contribution < -0.4 is 0 Å². The lowest BCUT2D eigenvalue weighted by Crippen LogP contribution is -2.35. The Morgan fingerprint density at radius 3 is 2.60 bits per heavy atom. The van der Waals surface area contributed by atoms with Gasteiger partial charge in [-0.15, -0.1) is 0 Å². The number of likely N-dealkylation sites (N-methyl/N-ethyl adjacent to an activating group) is 1. The van der Waals surface area contributed by atoms with Crippen LogP contribution in [0.25, 0.3) is 0 Å². The van der Waals surface area contributed by atoms with Crippen LogP contribution in [0.1, 0.15) is 15.9 Å². The number of hydrogen-bond acceptors (Lipinski definition) is 1. The van der Waals surface area contributed by atoms with Gasteiger partial charge < -0.3 is 4.90 Å². The Morgan fingerprint density at radius 1 is 1.27 bits per heavy atom. The van der Waals surface area contributed by atoms with E-state index in [4.69, 9.17) is 0 Å². The van der Waals surface area contributed by atoms with Gasteiger partial charge in [0.2, 0.25) is 0 Å². The molecule has 2 nitrogen and oxygen atoms in total. The predicted octanol–water partition coefficient (Wildman–Crippen LogP) is 1.73. The quantitative estimate of drug-likeness (QED) is 0.603. The molecule has 0 N–H and O–H groups in total. The van der Waals surface area contributed by atoms with Crippen LogP contribution in [0.5, 0.6) is 0 Å². The molecule has 0 radical (unpaired) electrons. The van der Waals surface area contributed by atoms with Gasteiger partial charge in [0.05, 0.1) is 0 Å². The molecule has 0 unspecified atom stereocenters. The van der Waals surface area contributed by atoms with Crippen molar-refractivity contribution in [3.8, 4) is 0 Å². The van der Waals surface area contributed by atoms with Crippen molar-refractivity contribution in [3.63, 3.8) is 0 Å². The SMILES string of the molecule is CN1CCc2c(cc(F)c(F)c2F)C1=O.